The van der Waals surface area contributed by atoms with Gasteiger partial charge in [0.1, 0.15) is 0 Å². The predicted octanol–water partition coefficient (Wildman–Crippen LogP) is -0.273. The normalized spacial score (nSPS) is 11.9. The predicted molar refractivity (Wildman–Crippen MR) is 42.9 cm³/mol. The second kappa shape index (κ2) is 3.16. The first-order valence-corrected chi connectivity index (χ1v) is 4.68. The zero-order chi connectivity index (χ0) is 9.19. The highest BCUT2D eigenvalue weighted by Gasteiger charge is 2.19. The van der Waals surface area contributed by atoms with E-state index in [0.29, 0.717) is 0 Å². The van der Waals surface area contributed by atoms with Crippen LogP contribution in [0, 0.1) is 0 Å². The van der Waals surface area contributed by atoms with E-state index in [1.54, 1.807) is 6.07 Å². The molecule has 0 saturated carbocycles. The van der Waals surface area contributed by atoms with Gasteiger partial charge in [0.2, 0.25) is 0 Å². The molecule has 0 atom stereocenters. The standard InChI is InChI=1S/C6H9N3O2S/c1-9(2)12(10,11)6-7-4-3-5-8-6/h3-5H,1-2H3. The molecule has 12 heavy (non-hydrogen) atoms. The molecule has 0 spiro atoms. The van der Waals surface area contributed by atoms with Gasteiger partial charge in [0.25, 0.3) is 15.2 Å². The van der Waals surface area contributed by atoms with Crippen LogP contribution in [0.1, 0.15) is 0 Å². The van der Waals surface area contributed by atoms with E-state index in [1.807, 2.05) is 0 Å². The zero-order valence-electron chi connectivity index (χ0n) is 6.80. The van der Waals surface area contributed by atoms with E-state index in [0.717, 1.165) is 4.31 Å². The summed E-state index contributed by atoms with van der Waals surface area (Å²) in [5, 5.41) is -0.171. The fourth-order valence-corrected chi connectivity index (χ4v) is 1.30. The van der Waals surface area contributed by atoms with E-state index >= 15 is 0 Å². The van der Waals surface area contributed by atoms with Crippen molar-refractivity contribution in [2.24, 2.45) is 0 Å². The molecule has 66 valence electrons. The number of aromatic nitrogens is 2. The monoisotopic (exact) mass is 187 g/mol. The smallest absolute Gasteiger partial charge is 0.226 e. The molecule has 5 nitrogen and oxygen atoms in total. The summed E-state index contributed by atoms with van der Waals surface area (Å²) >= 11 is 0. The summed E-state index contributed by atoms with van der Waals surface area (Å²) in [6.45, 7) is 0. The number of hydrogen-bond donors (Lipinski definition) is 0. The minimum Gasteiger partial charge on any atom is -0.226 e. The third kappa shape index (κ3) is 1.59. The van der Waals surface area contributed by atoms with Crippen molar-refractivity contribution in [1.29, 1.82) is 0 Å². The van der Waals surface area contributed by atoms with Gasteiger partial charge >= 0.3 is 0 Å². The van der Waals surface area contributed by atoms with Gasteiger partial charge in [0.05, 0.1) is 0 Å². The van der Waals surface area contributed by atoms with Gasteiger partial charge in [-0.2, -0.15) is 0 Å². The summed E-state index contributed by atoms with van der Waals surface area (Å²) in [6.07, 6.45) is 2.78. The molecule has 0 aromatic carbocycles. The average Bonchev–Trinajstić information content (AvgIpc) is 2.06. The van der Waals surface area contributed by atoms with Gasteiger partial charge < -0.3 is 0 Å². The molecule has 0 fully saturated rings. The van der Waals surface area contributed by atoms with Crippen LogP contribution in [0.3, 0.4) is 0 Å². The van der Waals surface area contributed by atoms with Gasteiger partial charge in [-0.3, -0.25) is 0 Å². The van der Waals surface area contributed by atoms with E-state index in [4.69, 9.17) is 0 Å². The Morgan fingerprint density at radius 3 is 2.17 bits per heavy atom. The molecule has 0 aliphatic rings. The Balaban J connectivity index is 3.17. The molecule has 1 rings (SSSR count). The molecule has 6 heteroatoms. The van der Waals surface area contributed by atoms with Crippen LogP contribution >= 0.6 is 0 Å². The van der Waals surface area contributed by atoms with Crippen LogP contribution in [0.4, 0.5) is 0 Å². The van der Waals surface area contributed by atoms with Crippen LogP contribution < -0.4 is 0 Å². The molecule has 0 aliphatic heterocycles. The van der Waals surface area contributed by atoms with Crippen molar-refractivity contribution in [2.45, 2.75) is 5.16 Å². The molecule has 1 aromatic rings. The molecule has 1 aromatic heterocycles. The SMILES string of the molecule is CN(C)S(=O)(=O)c1ncccn1. The van der Waals surface area contributed by atoms with Crippen molar-refractivity contribution >= 4 is 10.0 Å². The second-order valence-corrected chi connectivity index (χ2v) is 4.36. The first-order chi connectivity index (χ1) is 5.55. The molecule has 1 heterocycles. The molecular weight excluding hydrogens is 178 g/mol. The zero-order valence-corrected chi connectivity index (χ0v) is 7.61. The Labute approximate surface area is 71.1 Å². The fraction of sp³-hybridized carbons (Fsp3) is 0.333. The van der Waals surface area contributed by atoms with E-state index in [9.17, 15) is 8.42 Å². The quantitative estimate of drug-likeness (QED) is 0.598. The Morgan fingerprint density at radius 2 is 1.75 bits per heavy atom. The molecule has 0 aliphatic carbocycles. The van der Waals surface area contributed by atoms with Gasteiger partial charge in [-0.15, -0.1) is 0 Å². The molecule has 0 radical (unpaired) electrons. The molecule has 0 amide bonds. The molecule has 0 unspecified atom stereocenters. The Kier molecular flexibility index (Phi) is 2.39. The Hall–Kier alpha value is -1.01. The van der Waals surface area contributed by atoms with Crippen LogP contribution in [0.2, 0.25) is 0 Å². The topological polar surface area (TPSA) is 63.2 Å². The largest absolute Gasteiger partial charge is 0.278 e. The van der Waals surface area contributed by atoms with E-state index in [2.05, 4.69) is 9.97 Å². The van der Waals surface area contributed by atoms with Crippen LogP contribution in [0.15, 0.2) is 23.6 Å². The van der Waals surface area contributed by atoms with Crippen molar-refractivity contribution in [3.63, 3.8) is 0 Å². The average molecular weight is 187 g/mol. The van der Waals surface area contributed by atoms with Gasteiger partial charge in [0.15, 0.2) is 0 Å². The molecule has 0 bridgehead atoms. The molecule has 0 N–H and O–H groups in total. The maximum absolute atomic E-state index is 11.3. The van der Waals surface area contributed by atoms with Crippen molar-refractivity contribution in [1.82, 2.24) is 14.3 Å². The summed E-state index contributed by atoms with van der Waals surface area (Å²) in [5.74, 6) is 0. The number of rotatable bonds is 2. The molecular formula is C6H9N3O2S. The number of nitrogens with zero attached hydrogens (tertiary/aromatic N) is 3. The highest BCUT2D eigenvalue weighted by molar-refractivity contribution is 7.88. The molecule has 0 saturated heterocycles. The van der Waals surface area contributed by atoms with E-state index < -0.39 is 10.0 Å². The minimum atomic E-state index is -3.47. The maximum atomic E-state index is 11.3. The lowest BCUT2D eigenvalue weighted by atomic mass is 10.7. The van der Waals surface area contributed by atoms with Crippen LogP contribution in [0.25, 0.3) is 0 Å². The van der Waals surface area contributed by atoms with Gasteiger partial charge in [-0.1, -0.05) is 0 Å². The van der Waals surface area contributed by atoms with Crippen molar-refractivity contribution in [2.75, 3.05) is 14.1 Å². The fourth-order valence-electron chi connectivity index (χ4n) is 0.582. The number of sulfonamides is 1. The lowest BCUT2D eigenvalue weighted by Crippen LogP contribution is -2.24. The Morgan fingerprint density at radius 1 is 1.25 bits per heavy atom. The Bertz CT molecular complexity index is 346. The van der Waals surface area contributed by atoms with E-state index in [-0.39, 0.29) is 5.16 Å². The van der Waals surface area contributed by atoms with Gasteiger partial charge in [-0.25, -0.2) is 22.7 Å². The van der Waals surface area contributed by atoms with Crippen molar-refractivity contribution in [3.05, 3.63) is 18.5 Å². The highest BCUT2D eigenvalue weighted by Crippen LogP contribution is 2.03. The second-order valence-electron chi connectivity index (χ2n) is 2.32. The highest BCUT2D eigenvalue weighted by atomic mass is 32.2. The summed E-state index contributed by atoms with van der Waals surface area (Å²) < 4.78 is 23.7. The van der Waals surface area contributed by atoms with Crippen LogP contribution in [-0.2, 0) is 10.0 Å². The lowest BCUT2D eigenvalue weighted by Gasteiger charge is -2.07. The summed E-state index contributed by atoms with van der Waals surface area (Å²) in [4.78, 5) is 7.26. The van der Waals surface area contributed by atoms with E-state index in [1.165, 1.54) is 26.5 Å². The first-order valence-electron chi connectivity index (χ1n) is 3.24. The number of hydrogen-bond acceptors (Lipinski definition) is 4. The van der Waals surface area contributed by atoms with Gasteiger partial charge in [0, 0.05) is 26.5 Å². The van der Waals surface area contributed by atoms with Crippen molar-refractivity contribution in [3.8, 4) is 0 Å². The third-order valence-electron chi connectivity index (χ3n) is 1.25. The minimum absolute atomic E-state index is 0.171. The third-order valence-corrected chi connectivity index (χ3v) is 2.89. The van der Waals surface area contributed by atoms with Crippen LogP contribution in [0.5, 0.6) is 0 Å². The van der Waals surface area contributed by atoms with Gasteiger partial charge in [-0.05, 0) is 6.07 Å². The lowest BCUT2D eigenvalue weighted by molar-refractivity contribution is 0.511. The summed E-state index contributed by atoms with van der Waals surface area (Å²) in [5.41, 5.74) is 0. The summed E-state index contributed by atoms with van der Waals surface area (Å²) in [6, 6.07) is 1.56. The first kappa shape index (κ1) is 9.08. The van der Waals surface area contributed by atoms with Crippen LogP contribution in [-0.4, -0.2) is 36.8 Å². The summed E-state index contributed by atoms with van der Waals surface area (Å²) in [7, 11) is -0.593. The van der Waals surface area contributed by atoms with Crippen molar-refractivity contribution < 1.29 is 8.42 Å². The maximum Gasteiger partial charge on any atom is 0.278 e.